The minimum absolute atomic E-state index is 0.0986. The van der Waals surface area contributed by atoms with Crippen molar-refractivity contribution in [2.24, 2.45) is 0 Å². The first-order valence-corrected chi connectivity index (χ1v) is 10.3. The summed E-state index contributed by atoms with van der Waals surface area (Å²) in [5.74, 6) is -2.29. The van der Waals surface area contributed by atoms with Gasteiger partial charge in [0, 0.05) is 17.3 Å². The number of hydrogen-bond donors (Lipinski definition) is 2. The van der Waals surface area contributed by atoms with E-state index < -0.39 is 39.9 Å². The van der Waals surface area contributed by atoms with Crippen LogP contribution in [0.25, 0.3) is 11.1 Å². The smallest absolute Gasteiger partial charge is 0.326 e. The van der Waals surface area contributed by atoms with Crippen LogP contribution in [0.15, 0.2) is 24.5 Å². The van der Waals surface area contributed by atoms with Gasteiger partial charge >= 0.3 is 10.2 Å². The van der Waals surface area contributed by atoms with Crippen LogP contribution in [0.3, 0.4) is 0 Å². The Morgan fingerprint density at radius 2 is 2.00 bits per heavy atom. The van der Waals surface area contributed by atoms with Crippen molar-refractivity contribution in [1.82, 2.24) is 19.4 Å². The summed E-state index contributed by atoms with van der Waals surface area (Å²) in [7, 11) is -2.18. The van der Waals surface area contributed by atoms with Crippen molar-refractivity contribution in [3.8, 4) is 16.9 Å². The van der Waals surface area contributed by atoms with E-state index in [9.17, 15) is 18.3 Å². The molecule has 2 N–H and O–H groups in total. The van der Waals surface area contributed by atoms with Crippen LogP contribution in [-0.2, 0) is 15.0 Å². The molecular weight excluding hydrogens is 389 g/mol. The Labute approximate surface area is 161 Å². The highest BCUT2D eigenvalue weighted by Crippen LogP contribution is 2.39. The fraction of sp³-hybridized carbons (Fsp3) is 0.412. The van der Waals surface area contributed by atoms with E-state index in [-0.39, 0.29) is 11.6 Å². The number of likely N-dealkylation sites (tertiary alicyclic amines) is 1. The van der Waals surface area contributed by atoms with Gasteiger partial charge in [0.15, 0.2) is 5.82 Å². The number of phenolic OH excluding ortho intramolecular Hbond substituents is 1. The number of nitrogens with zero attached hydrogens (tertiary/aromatic N) is 4. The molecule has 4 rings (SSSR count). The predicted molar refractivity (Wildman–Crippen MR) is 99.5 cm³/mol. The number of carbonyl (C=O) groups is 1. The Bertz CT molecular complexity index is 1030. The summed E-state index contributed by atoms with van der Waals surface area (Å²) >= 11 is 0. The molecule has 1 amide bonds. The molecule has 2 fully saturated rings. The monoisotopic (exact) mass is 409 g/mol. The maximum atomic E-state index is 15.2. The molecule has 0 unspecified atom stereocenters. The van der Waals surface area contributed by atoms with Gasteiger partial charge in [0.25, 0.3) is 5.91 Å². The van der Waals surface area contributed by atoms with Crippen LogP contribution in [0, 0.1) is 5.82 Å². The van der Waals surface area contributed by atoms with Gasteiger partial charge in [-0.3, -0.25) is 9.48 Å². The lowest BCUT2D eigenvalue weighted by atomic mass is 10.1. The molecule has 2 aromatic rings. The van der Waals surface area contributed by atoms with Crippen LogP contribution in [-0.4, -0.2) is 60.8 Å². The van der Waals surface area contributed by atoms with E-state index in [2.05, 4.69) is 17.0 Å². The van der Waals surface area contributed by atoms with E-state index >= 15 is 4.39 Å². The van der Waals surface area contributed by atoms with Crippen molar-refractivity contribution >= 4 is 21.8 Å². The van der Waals surface area contributed by atoms with Gasteiger partial charge in [-0.25, -0.2) is 13.4 Å². The zero-order valence-electron chi connectivity index (χ0n) is 15.2. The van der Waals surface area contributed by atoms with Crippen molar-refractivity contribution in [1.29, 1.82) is 0 Å². The van der Waals surface area contributed by atoms with Crippen LogP contribution >= 0.6 is 0 Å². The quantitative estimate of drug-likeness (QED) is 0.778. The standard InChI is InChI=1S/C17H20FN5O4S/c1-21-6-4-12(5-7-21)22-9-11(8-19-22)13-2-3-14(24)17(16(13)18)23-10-15(25)20-28(23,26)27/h2-3,8-9,12,24H,4-7,10H2,1H3,(H,20,25). The number of nitrogens with one attached hydrogen (secondary N) is 1. The normalized spacial score (nSPS) is 20.5. The van der Waals surface area contributed by atoms with Crippen LogP contribution in [0.5, 0.6) is 5.75 Å². The molecule has 28 heavy (non-hydrogen) atoms. The molecule has 3 heterocycles. The third kappa shape index (κ3) is 3.20. The van der Waals surface area contributed by atoms with Crippen LogP contribution in [0.4, 0.5) is 10.1 Å². The molecular formula is C17H20FN5O4S. The highest BCUT2D eigenvalue weighted by Gasteiger charge is 2.38. The number of aromatic nitrogens is 2. The first-order chi connectivity index (χ1) is 13.3. The number of halogens is 1. The molecule has 150 valence electrons. The summed E-state index contributed by atoms with van der Waals surface area (Å²) in [4.78, 5) is 13.7. The SMILES string of the molecule is CN1CCC(n2cc(-c3ccc(O)c(N4CC(=O)NS4(=O)=O)c3F)cn2)CC1. The van der Waals surface area contributed by atoms with E-state index in [4.69, 9.17) is 0 Å². The molecule has 1 aromatic heterocycles. The van der Waals surface area contributed by atoms with Gasteiger partial charge in [-0.1, -0.05) is 0 Å². The number of rotatable bonds is 3. The fourth-order valence-electron chi connectivity index (χ4n) is 3.60. The predicted octanol–water partition coefficient (Wildman–Crippen LogP) is 0.842. The van der Waals surface area contributed by atoms with Gasteiger partial charge in [0.1, 0.15) is 18.0 Å². The van der Waals surface area contributed by atoms with Gasteiger partial charge in [0.2, 0.25) is 0 Å². The molecule has 0 bridgehead atoms. The van der Waals surface area contributed by atoms with Gasteiger partial charge in [-0.05, 0) is 45.1 Å². The third-order valence-corrected chi connectivity index (χ3v) is 6.52. The van der Waals surface area contributed by atoms with Gasteiger partial charge in [-0.2, -0.15) is 13.5 Å². The Hall–Kier alpha value is -2.66. The summed E-state index contributed by atoms with van der Waals surface area (Å²) in [6, 6.07) is 2.78. The summed E-state index contributed by atoms with van der Waals surface area (Å²) in [6.07, 6.45) is 5.10. The molecule has 0 spiro atoms. The Balaban J connectivity index is 1.70. The second-order valence-electron chi connectivity index (χ2n) is 7.08. The lowest BCUT2D eigenvalue weighted by molar-refractivity contribution is -0.117. The average molecular weight is 409 g/mol. The average Bonchev–Trinajstić information content (AvgIpc) is 3.20. The van der Waals surface area contributed by atoms with Crippen molar-refractivity contribution < 1.29 is 22.7 Å². The molecule has 2 aliphatic rings. The molecule has 11 heteroatoms. The molecule has 0 radical (unpaired) electrons. The van der Waals surface area contributed by atoms with Crippen LogP contribution in [0.2, 0.25) is 0 Å². The summed E-state index contributed by atoms with van der Waals surface area (Å²) in [6.45, 7) is 1.31. The van der Waals surface area contributed by atoms with E-state index in [1.54, 1.807) is 15.6 Å². The highest BCUT2D eigenvalue weighted by atomic mass is 32.2. The number of aromatic hydroxyl groups is 1. The van der Waals surface area contributed by atoms with Crippen molar-refractivity contribution in [3.63, 3.8) is 0 Å². The summed E-state index contributed by atoms with van der Waals surface area (Å²) in [5, 5.41) is 14.4. The molecule has 0 saturated carbocycles. The van der Waals surface area contributed by atoms with Gasteiger partial charge < -0.3 is 10.0 Å². The molecule has 2 aliphatic heterocycles. The fourth-order valence-corrected chi connectivity index (χ4v) is 4.76. The maximum absolute atomic E-state index is 15.2. The Morgan fingerprint density at radius 1 is 1.29 bits per heavy atom. The molecule has 0 aliphatic carbocycles. The van der Waals surface area contributed by atoms with Crippen molar-refractivity contribution in [3.05, 3.63) is 30.3 Å². The number of piperidine rings is 1. The minimum atomic E-state index is -4.24. The number of phenols is 1. The van der Waals surface area contributed by atoms with E-state index in [0.29, 0.717) is 9.87 Å². The zero-order valence-corrected chi connectivity index (χ0v) is 16.0. The lowest BCUT2D eigenvalue weighted by Gasteiger charge is -2.28. The first-order valence-electron chi connectivity index (χ1n) is 8.84. The maximum Gasteiger partial charge on any atom is 0.326 e. The molecule has 9 nitrogen and oxygen atoms in total. The van der Waals surface area contributed by atoms with E-state index in [1.807, 2.05) is 0 Å². The van der Waals surface area contributed by atoms with Gasteiger partial charge in [-0.15, -0.1) is 0 Å². The highest BCUT2D eigenvalue weighted by molar-refractivity contribution is 7.92. The topological polar surface area (TPSA) is 108 Å². The number of carbonyl (C=O) groups excluding carboxylic acids is 1. The van der Waals surface area contributed by atoms with Crippen LogP contribution in [0.1, 0.15) is 18.9 Å². The Morgan fingerprint density at radius 3 is 2.64 bits per heavy atom. The van der Waals surface area contributed by atoms with E-state index in [1.165, 1.54) is 18.3 Å². The second kappa shape index (κ2) is 6.74. The Kier molecular flexibility index (Phi) is 4.50. The number of benzene rings is 1. The number of anilines is 1. The molecule has 2 saturated heterocycles. The number of hydrogen-bond acceptors (Lipinski definition) is 6. The van der Waals surface area contributed by atoms with E-state index in [0.717, 1.165) is 25.9 Å². The minimum Gasteiger partial charge on any atom is -0.506 e. The van der Waals surface area contributed by atoms with Crippen molar-refractivity contribution in [2.45, 2.75) is 18.9 Å². The van der Waals surface area contributed by atoms with Gasteiger partial charge in [0.05, 0.1) is 12.2 Å². The van der Waals surface area contributed by atoms with Crippen molar-refractivity contribution in [2.75, 3.05) is 31.0 Å². The molecule has 1 aromatic carbocycles. The summed E-state index contributed by atoms with van der Waals surface area (Å²) in [5.41, 5.74) is 0.0120. The molecule has 0 atom stereocenters. The lowest BCUT2D eigenvalue weighted by Crippen LogP contribution is -2.31. The summed E-state index contributed by atoms with van der Waals surface area (Å²) < 4.78 is 43.4. The van der Waals surface area contributed by atoms with Crippen LogP contribution < -0.4 is 9.03 Å². The second-order valence-corrected chi connectivity index (χ2v) is 8.67. The third-order valence-electron chi connectivity index (χ3n) is 5.14. The zero-order chi connectivity index (χ0) is 20.1. The first kappa shape index (κ1) is 18.7. The largest absolute Gasteiger partial charge is 0.506 e. The number of amides is 1.